The second-order valence-corrected chi connectivity index (χ2v) is 7.03. The second kappa shape index (κ2) is 7.01. The number of aromatic nitrogens is 1. The fourth-order valence-corrected chi connectivity index (χ4v) is 4.05. The standard InChI is InChI=1S/C16H26BrN3/c1-18-15(10-13-9-14(17)12-19-11-13)16(20(2)3)7-5-4-6-8-16/h9,11-12,15,18H,4-8,10H2,1-3H3. The van der Waals surface area contributed by atoms with E-state index in [1.54, 1.807) is 0 Å². The summed E-state index contributed by atoms with van der Waals surface area (Å²) < 4.78 is 1.06. The van der Waals surface area contributed by atoms with Gasteiger partial charge >= 0.3 is 0 Å². The van der Waals surface area contributed by atoms with Crippen molar-refractivity contribution in [3.05, 3.63) is 28.5 Å². The zero-order valence-electron chi connectivity index (χ0n) is 12.8. The molecule has 1 aliphatic carbocycles. The van der Waals surface area contributed by atoms with Crippen molar-refractivity contribution in [2.45, 2.75) is 50.1 Å². The molecule has 0 radical (unpaired) electrons. The predicted molar refractivity (Wildman–Crippen MR) is 88.0 cm³/mol. The van der Waals surface area contributed by atoms with Gasteiger partial charge in [-0.15, -0.1) is 0 Å². The van der Waals surface area contributed by atoms with Gasteiger partial charge in [0.2, 0.25) is 0 Å². The molecule has 112 valence electrons. The molecule has 1 fully saturated rings. The summed E-state index contributed by atoms with van der Waals surface area (Å²) in [5.41, 5.74) is 1.57. The van der Waals surface area contributed by atoms with E-state index in [4.69, 9.17) is 0 Å². The Kier molecular flexibility index (Phi) is 5.58. The van der Waals surface area contributed by atoms with Crippen LogP contribution in [0.5, 0.6) is 0 Å². The van der Waals surface area contributed by atoms with Crippen LogP contribution in [0.15, 0.2) is 22.9 Å². The molecule has 0 amide bonds. The summed E-state index contributed by atoms with van der Waals surface area (Å²) in [6.45, 7) is 0. The summed E-state index contributed by atoms with van der Waals surface area (Å²) in [6.07, 6.45) is 11.5. The number of nitrogens with zero attached hydrogens (tertiary/aromatic N) is 2. The fraction of sp³-hybridized carbons (Fsp3) is 0.688. The van der Waals surface area contributed by atoms with Crippen LogP contribution in [0.4, 0.5) is 0 Å². The smallest absolute Gasteiger partial charge is 0.0410 e. The van der Waals surface area contributed by atoms with Gasteiger partial charge in [-0.25, -0.2) is 0 Å². The molecule has 3 nitrogen and oxygen atoms in total. The van der Waals surface area contributed by atoms with Crippen LogP contribution in [0.2, 0.25) is 0 Å². The van der Waals surface area contributed by atoms with Crippen molar-refractivity contribution in [1.29, 1.82) is 0 Å². The van der Waals surface area contributed by atoms with Gasteiger partial charge in [-0.3, -0.25) is 4.98 Å². The molecule has 1 heterocycles. The minimum Gasteiger partial charge on any atom is -0.315 e. The van der Waals surface area contributed by atoms with Crippen molar-refractivity contribution >= 4 is 15.9 Å². The Morgan fingerprint density at radius 3 is 2.55 bits per heavy atom. The van der Waals surface area contributed by atoms with E-state index in [9.17, 15) is 0 Å². The minimum atomic E-state index is 0.273. The van der Waals surface area contributed by atoms with Crippen LogP contribution in [0.3, 0.4) is 0 Å². The second-order valence-electron chi connectivity index (χ2n) is 6.12. The molecule has 1 aromatic rings. The van der Waals surface area contributed by atoms with E-state index >= 15 is 0 Å². The monoisotopic (exact) mass is 339 g/mol. The number of likely N-dealkylation sites (N-methyl/N-ethyl adjacent to an activating group) is 2. The summed E-state index contributed by atoms with van der Waals surface area (Å²) in [4.78, 5) is 6.74. The number of rotatable bonds is 5. The maximum atomic E-state index is 4.30. The number of nitrogens with one attached hydrogen (secondary N) is 1. The summed E-state index contributed by atoms with van der Waals surface area (Å²) in [5.74, 6) is 0. The Morgan fingerprint density at radius 2 is 2.00 bits per heavy atom. The first-order valence-corrected chi connectivity index (χ1v) is 8.32. The zero-order chi connectivity index (χ0) is 14.6. The molecule has 1 atom stereocenters. The maximum Gasteiger partial charge on any atom is 0.0410 e. The van der Waals surface area contributed by atoms with Gasteiger partial charge in [0, 0.05) is 28.4 Å². The van der Waals surface area contributed by atoms with E-state index in [0.29, 0.717) is 6.04 Å². The van der Waals surface area contributed by atoms with Crippen molar-refractivity contribution in [1.82, 2.24) is 15.2 Å². The van der Waals surface area contributed by atoms with Gasteiger partial charge in [0.1, 0.15) is 0 Å². The molecule has 2 rings (SSSR count). The highest BCUT2D eigenvalue weighted by Crippen LogP contribution is 2.36. The van der Waals surface area contributed by atoms with Crippen molar-refractivity contribution in [2.75, 3.05) is 21.1 Å². The van der Waals surface area contributed by atoms with Crippen molar-refractivity contribution in [2.24, 2.45) is 0 Å². The number of hydrogen-bond acceptors (Lipinski definition) is 3. The molecule has 1 N–H and O–H groups in total. The van der Waals surface area contributed by atoms with Gasteiger partial charge in [-0.05, 0) is 68.0 Å². The molecule has 4 heteroatoms. The van der Waals surface area contributed by atoms with Gasteiger partial charge < -0.3 is 10.2 Å². The lowest BCUT2D eigenvalue weighted by Crippen LogP contribution is -2.60. The van der Waals surface area contributed by atoms with Crippen molar-refractivity contribution < 1.29 is 0 Å². The van der Waals surface area contributed by atoms with E-state index in [2.05, 4.69) is 58.3 Å². The first kappa shape index (κ1) is 15.9. The Bertz CT molecular complexity index is 427. The normalized spacial score (nSPS) is 20.1. The van der Waals surface area contributed by atoms with Crippen LogP contribution in [-0.4, -0.2) is 42.6 Å². The van der Waals surface area contributed by atoms with Crippen LogP contribution in [0, 0.1) is 0 Å². The molecule has 0 bridgehead atoms. The number of hydrogen-bond donors (Lipinski definition) is 1. The molecule has 0 spiro atoms. The molecule has 1 unspecified atom stereocenters. The highest BCUT2D eigenvalue weighted by molar-refractivity contribution is 9.10. The van der Waals surface area contributed by atoms with E-state index in [0.717, 1.165) is 10.9 Å². The summed E-state index contributed by atoms with van der Waals surface area (Å²) in [6, 6.07) is 2.65. The molecular weight excluding hydrogens is 314 g/mol. The van der Waals surface area contributed by atoms with E-state index in [-0.39, 0.29) is 5.54 Å². The topological polar surface area (TPSA) is 28.2 Å². The van der Waals surface area contributed by atoms with E-state index in [1.807, 2.05) is 12.4 Å². The first-order chi connectivity index (χ1) is 9.58. The van der Waals surface area contributed by atoms with Gasteiger partial charge in [-0.1, -0.05) is 19.3 Å². The Morgan fingerprint density at radius 1 is 1.30 bits per heavy atom. The van der Waals surface area contributed by atoms with Crippen LogP contribution >= 0.6 is 15.9 Å². The first-order valence-electron chi connectivity index (χ1n) is 7.52. The third-order valence-electron chi connectivity index (χ3n) is 4.81. The van der Waals surface area contributed by atoms with Gasteiger partial charge in [-0.2, -0.15) is 0 Å². The molecule has 1 aliphatic rings. The molecule has 0 saturated heterocycles. The maximum absolute atomic E-state index is 4.30. The quantitative estimate of drug-likeness (QED) is 0.892. The summed E-state index contributed by atoms with van der Waals surface area (Å²) >= 11 is 3.52. The number of halogens is 1. The Labute approximate surface area is 131 Å². The lowest BCUT2D eigenvalue weighted by molar-refractivity contribution is 0.0598. The SMILES string of the molecule is CNC(Cc1cncc(Br)c1)C1(N(C)C)CCCCC1. The average molecular weight is 340 g/mol. The molecule has 0 aliphatic heterocycles. The Hall–Kier alpha value is -0.450. The average Bonchev–Trinajstić information content (AvgIpc) is 2.45. The molecular formula is C16H26BrN3. The van der Waals surface area contributed by atoms with Gasteiger partial charge in [0.05, 0.1) is 0 Å². The van der Waals surface area contributed by atoms with Crippen LogP contribution < -0.4 is 5.32 Å². The van der Waals surface area contributed by atoms with Crippen LogP contribution in [0.25, 0.3) is 0 Å². The zero-order valence-corrected chi connectivity index (χ0v) is 14.4. The van der Waals surface area contributed by atoms with Gasteiger partial charge in [0.15, 0.2) is 0 Å². The highest BCUT2D eigenvalue weighted by Gasteiger charge is 2.40. The molecule has 0 aromatic carbocycles. The third-order valence-corrected chi connectivity index (χ3v) is 5.24. The lowest BCUT2D eigenvalue weighted by atomic mass is 9.73. The van der Waals surface area contributed by atoms with Crippen LogP contribution in [0.1, 0.15) is 37.7 Å². The van der Waals surface area contributed by atoms with Crippen LogP contribution in [-0.2, 0) is 6.42 Å². The van der Waals surface area contributed by atoms with Gasteiger partial charge in [0.25, 0.3) is 0 Å². The largest absolute Gasteiger partial charge is 0.315 e. The minimum absolute atomic E-state index is 0.273. The third kappa shape index (κ3) is 3.41. The summed E-state index contributed by atoms with van der Waals surface area (Å²) in [5, 5.41) is 3.58. The van der Waals surface area contributed by atoms with Crippen molar-refractivity contribution in [3.63, 3.8) is 0 Å². The Balaban J connectivity index is 2.20. The summed E-state index contributed by atoms with van der Waals surface area (Å²) in [7, 11) is 6.56. The van der Waals surface area contributed by atoms with E-state index in [1.165, 1.54) is 37.7 Å². The fourth-order valence-electron chi connectivity index (χ4n) is 3.64. The predicted octanol–water partition coefficient (Wildman–Crippen LogP) is 3.24. The molecule has 20 heavy (non-hydrogen) atoms. The molecule has 1 saturated carbocycles. The lowest BCUT2D eigenvalue weighted by Gasteiger charge is -2.48. The van der Waals surface area contributed by atoms with E-state index < -0.39 is 0 Å². The highest BCUT2D eigenvalue weighted by atomic mass is 79.9. The number of pyridine rings is 1. The molecule has 1 aromatic heterocycles. The van der Waals surface area contributed by atoms with Crippen molar-refractivity contribution in [3.8, 4) is 0 Å².